The molecule has 0 aromatic rings. The predicted molar refractivity (Wildman–Crippen MR) is 4.97 cm³/mol. The molecule has 0 amide bonds. The monoisotopic (exact) mass is 214 g/mol. The maximum absolute atomic E-state index is 8.61. The second-order valence-corrected chi connectivity index (χ2v) is 2.09. The Morgan fingerprint density at radius 1 is 0.857 bits per heavy atom. The fourth-order valence-corrected chi connectivity index (χ4v) is 0. The van der Waals surface area contributed by atoms with E-state index in [1.807, 2.05) is 0 Å². The molecule has 0 fully saturated rings. The summed E-state index contributed by atoms with van der Waals surface area (Å²) in [6, 6.07) is 0. The van der Waals surface area contributed by atoms with Crippen LogP contribution >= 0.6 is 0 Å². The van der Waals surface area contributed by atoms with Crippen LogP contribution < -0.4 is 59.1 Å². The minimum absolute atomic E-state index is 0. The number of hydrogen-bond donors (Lipinski definition) is 0. The molecule has 7 heteroatoms. The van der Waals surface area contributed by atoms with Crippen LogP contribution in [0.5, 0.6) is 0 Å². The molecule has 36 valence electrons. The van der Waals surface area contributed by atoms with Gasteiger partial charge in [0.1, 0.15) is 0 Å². The van der Waals surface area contributed by atoms with Crippen LogP contribution in [0.4, 0.5) is 0 Å². The van der Waals surface area contributed by atoms with Crippen LogP contribution in [0.3, 0.4) is 0 Å². The van der Waals surface area contributed by atoms with Gasteiger partial charge in [0.15, 0.2) is 0 Å². The molecular weight excluding hydrogens is 211 g/mol. The van der Waals surface area contributed by atoms with Crippen LogP contribution in [0, 0.1) is 0 Å². The van der Waals surface area contributed by atoms with Crippen molar-refractivity contribution in [1.82, 2.24) is 0 Å². The van der Waals surface area contributed by atoms with Crippen molar-refractivity contribution in [2.24, 2.45) is 0 Å². The SMILES string of the molecule is [H-].[H-].[Na+].[Na+].[O]=[Ru](=[O])(=[O])=[O]. The molecule has 0 aliphatic rings. The van der Waals surface area contributed by atoms with E-state index in [-0.39, 0.29) is 62.0 Å². The summed E-state index contributed by atoms with van der Waals surface area (Å²) in [5.41, 5.74) is 0. The third kappa shape index (κ3) is 79.8. The van der Waals surface area contributed by atoms with Crippen molar-refractivity contribution < 1.29 is 90.8 Å². The molecule has 7 heavy (non-hydrogen) atoms. The molecular formula is H2Na2O4Ru. The Balaban J connectivity index is -0.0000000133. The Morgan fingerprint density at radius 3 is 0.857 bits per heavy atom. The second kappa shape index (κ2) is 5.95. The Hall–Kier alpha value is 1.82. The zero-order valence-corrected chi connectivity index (χ0v) is 9.72. The molecule has 0 aromatic carbocycles. The van der Waals surface area contributed by atoms with Gasteiger partial charge >= 0.3 is 88.0 Å². The normalized spacial score (nSPS) is 8.00. The summed E-state index contributed by atoms with van der Waals surface area (Å²) >= 11 is -5.86. The topological polar surface area (TPSA) is 68.3 Å². The van der Waals surface area contributed by atoms with Crippen LogP contribution in [0.15, 0.2) is 0 Å². The van der Waals surface area contributed by atoms with E-state index in [1.54, 1.807) is 0 Å². The van der Waals surface area contributed by atoms with Gasteiger partial charge in [0.05, 0.1) is 0 Å². The first-order chi connectivity index (χ1) is 2.00. The Bertz CT molecular complexity index is 168. The van der Waals surface area contributed by atoms with Crippen molar-refractivity contribution in [2.45, 2.75) is 0 Å². The Kier molecular flexibility index (Phi) is 13.5. The Morgan fingerprint density at radius 2 is 0.857 bits per heavy atom. The van der Waals surface area contributed by atoms with Crippen LogP contribution in [0.2, 0.25) is 0 Å². The molecule has 0 atom stereocenters. The van der Waals surface area contributed by atoms with E-state index in [4.69, 9.17) is 14.3 Å². The second-order valence-electron chi connectivity index (χ2n) is 0.354. The van der Waals surface area contributed by atoms with Gasteiger partial charge in [0, 0.05) is 0 Å². The van der Waals surface area contributed by atoms with E-state index < -0.39 is 14.6 Å². The fourth-order valence-electron chi connectivity index (χ4n) is 0. The summed E-state index contributed by atoms with van der Waals surface area (Å²) < 4.78 is 34.4. The van der Waals surface area contributed by atoms with Crippen molar-refractivity contribution >= 4 is 0 Å². The molecule has 0 aromatic heterocycles. The molecule has 0 saturated carbocycles. The molecule has 0 N–H and O–H groups in total. The van der Waals surface area contributed by atoms with E-state index in [9.17, 15) is 0 Å². The predicted octanol–water partition coefficient (Wildman–Crippen LogP) is -6.24. The summed E-state index contributed by atoms with van der Waals surface area (Å²) in [6.07, 6.45) is 0. The molecule has 0 saturated heterocycles. The van der Waals surface area contributed by atoms with Gasteiger partial charge in [-0.15, -0.1) is 0 Å². The molecule has 0 aliphatic heterocycles. The molecule has 0 radical (unpaired) electrons. The zero-order chi connectivity index (χ0) is 4.50. The van der Waals surface area contributed by atoms with Gasteiger partial charge in [-0.2, -0.15) is 0 Å². The zero-order valence-electron chi connectivity index (χ0n) is 5.99. The maximum atomic E-state index is 8.61. The quantitative estimate of drug-likeness (QED) is 0.375. The minimum atomic E-state index is -5.86. The first kappa shape index (κ1) is 15.9. The average molecular weight is 213 g/mol. The summed E-state index contributed by atoms with van der Waals surface area (Å²) in [5, 5.41) is 0. The first-order valence-electron chi connectivity index (χ1n) is 0.577. The standard InChI is InChI=1S/2Na.4O.Ru.2H/q2*+1;;;;;;2*-1. The van der Waals surface area contributed by atoms with Gasteiger partial charge < -0.3 is 2.85 Å². The third-order valence-electron chi connectivity index (χ3n) is 0. The van der Waals surface area contributed by atoms with Gasteiger partial charge in [-0.3, -0.25) is 0 Å². The van der Waals surface area contributed by atoms with Crippen LogP contribution in [-0.2, 0) is 28.9 Å². The summed E-state index contributed by atoms with van der Waals surface area (Å²) in [7, 11) is 0. The molecule has 0 aliphatic carbocycles. The van der Waals surface area contributed by atoms with Crippen molar-refractivity contribution in [2.75, 3.05) is 0 Å². The van der Waals surface area contributed by atoms with E-state index in [1.165, 1.54) is 0 Å². The van der Waals surface area contributed by atoms with Crippen molar-refractivity contribution in [3.05, 3.63) is 0 Å². The molecule has 0 bridgehead atoms. The van der Waals surface area contributed by atoms with Crippen LogP contribution in [0.25, 0.3) is 0 Å². The van der Waals surface area contributed by atoms with Gasteiger partial charge in [0.2, 0.25) is 0 Å². The Labute approximate surface area is 89.5 Å². The first-order valence-corrected chi connectivity index (χ1v) is 3.42. The molecule has 0 unspecified atom stereocenters. The molecule has 0 rings (SSSR count). The van der Waals surface area contributed by atoms with Crippen LogP contribution in [0.1, 0.15) is 2.85 Å². The van der Waals surface area contributed by atoms with Crippen molar-refractivity contribution in [3.63, 3.8) is 0 Å². The fraction of sp³-hybridized carbons (Fsp3) is 0. The van der Waals surface area contributed by atoms with Gasteiger partial charge in [-0.05, 0) is 0 Å². The van der Waals surface area contributed by atoms with Crippen molar-refractivity contribution in [1.29, 1.82) is 0 Å². The van der Waals surface area contributed by atoms with Crippen molar-refractivity contribution in [3.8, 4) is 0 Å². The van der Waals surface area contributed by atoms with Gasteiger partial charge in [-0.1, -0.05) is 0 Å². The van der Waals surface area contributed by atoms with Gasteiger partial charge in [0.25, 0.3) is 0 Å². The van der Waals surface area contributed by atoms with E-state index in [0.717, 1.165) is 0 Å². The molecule has 0 spiro atoms. The average Bonchev–Trinajstić information content (AvgIpc) is 0.722. The summed E-state index contributed by atoms with van der Waals surface area (Å²) in [5.74, 6) is 0. The van der Waals surface area contributed by atoms with E-state index >= 15 is 0 Å². The molecule has 4 nitrogen and oxygen atoms in total. The summed E-state index contributed by atoms with van der Waals surface area (Å²) in [4.78, 5) is 0. The molecule has 0 heterocycles. The third-order valence-corrected chi connectivity index (χ3v) is 0. The van der Waals surface area contributed by atoms with E-state index in [0.29, 0.717) is 0 Å². The van der Waals surface area contributed by atoms with Crippen LogP contribution in [-0.4, -0.2) is 0 Å². The number of hydrogen-bond acceptors (Lipinski definition) is 4. The van der Waals surface area contributed by atoms with E-state index in [2.05, 4.69) is 0 Å². The van der Waals surface area contributed by atoms with Gasteiger partial charge in [-0.25, -0.2) is 0 Å². The number of rotatable bonds is 0. The summed E-state index contributed by atoms with van der Waals surface area (Å²) in [6.45, 7) is 0.